The minimum Gasteiger partial charge on any atom is -0.348 e. The van der Waals surface area contributed by atoms with Crippen molar-refractivity contribution in [3.05, 3.63) is 58.0 Å². The molecule has 1 aliphatic rings. The van der Waals surface area contributed by atoms with Gasteiger partial charge < -0.3 is 10.2 Å². The maximum atomic E-state index is 13.1. The molecule has 1 amide bonds. The van der Waals surface area contributed by atoms with E-state index in [1.807, 2.05) is 0 Å². The second kappa shape index (κ2) is 8.75. The van der Waals surface area contributed by atoms with E-state index in [4.69, 9.17) is 0 Å². The molecule has 140 valence electrons. The van der Waals surface area contributed by atoms with Gasteiger partial charge in [0.05, 0.1) is 6.04 Å². The van der Waals surface area contributed by atoms with Crippen molar-refractivity contribution in [2.75, 3.05) is 32.7 Å². The number of nitrogens with zero attached hydrogens (tertiary/aromatic N) is 2. The molecular weight excluding hydrogens is 349 g/mol. The lowest BCUT2D eigenvalue weighted by Gasteiger charge is -2.41. The van der Waals surface area contributed by atoms with Crippen LogP contribution in [0.1, 0.15) is 35.1 Å². The van der Waals surface area contributed by atoms with Crippen molar-refractivity contribution < 1.29 is 9.18 Å². The van der Waals surface area contributed by atoms with Crippen molar-refractivity contribution in [2.24, 2.45) is 0 Å². The fourth-order valence-electron chi connectivity index (χ4n) is 3.53. The lowest BCUT2D eigenvalue weighted by Crippen LogP contribution is -2.52. The van der Waals surface area contributed by atoms with Gasteiger partial charge in [0.25, 0.3) is 5.91 Å². The van der Waals surface area contributed by atoms with Crippen LogP contribution in [0.3, 0.4) is 0 Å². The summed E-state index contributed by atoms with van der Waals surface area (Å²) in [5.41, 5.74) is 0.485. The summed E-state index contributed by atoms with van der Waals surface area (Å²) in [4.78, 5) is 18.7. The maximum absolute atomic E-state index is 13.1. The zero-order valence-corrected chi connectivity index (χ0v) is 16.1. The summed E-state index contributed by atoms with van der Waals surface area (Å²) >= 11 is 1.73. The van der Waals surface area contributed by atoms with Gasteiger partial charge in [-0.2, -0.15) is 0 Å². The third-order valence-corrected chi connectivity index (χ3v) is 5.96. The molecule has 1 fully saturated rings. The third kappa shape index (κ3) is 4.50. The standard InChI is InChI=1S/C20H26FN3OS/c1-3-23-10-12-24(13-11-23)19(18-5-4-14-26-18)15(2)22-20(25)16-6-8-17(21)9-7-16/h4-9,14-15,19H,3,10-13H2,1-2H3,(H,22,25). The number of rotatable bonds is 6. The third-order valence-electron chi connectivity index (χ3n) is 5.02. The molecule has 0 aliphatic carbocycles. The van der Waals surface area contributed by atoms with Gasteiger partial charge in [-0.05, 0) is 49.2 Å². The minimum atomic E-state index is -0.333. The summed E-state index contributed by atoms with van der Waals surface area (Å²) in [6, 6.07) is 10.00. The molecule has 2 heterocycles. The molecule has 1 aliphatic heterocycles. The first kappa shape index (κ1) is 19.0. The Balaban J connectivity index is 1.72. The van der Waals surface area contributed by atoms with Gasteiger partial charge in [0.1, 0.15) is 5.82 Å². The molecule has 2 unspecified atom stereocenters. The van der Waals surface area contributed by atoms with Gasteiger partial charge in [-0.1, -0.05) is 13.0 Å². The molecule has 1 saturated heterocycles. The van der Waals surface area contributed by atoms with Crippen molar-refractivity contribution in [1.82, 2.24) is 15.1 Å². The van der Waals surface area contributed by atoms with E-state index in [1.54, 1.807) is 11.3 Å². The summed E-state index contributed by atoms with van der Waals surface area (Å²) in [5, 5.41) is 5.20. The maximum Gasteiger partial charge on any atom is 0.251 e. The summed E-state index contributed by atoms with van der Waals surface area (Å²) in [6.45, 7) is 9.42. The Morgan fingerprint density at radius 1 is 1.19 bits per heavy atom. The van der Waals surface area contributed by atoms with Gasteiger partial charge in [-0.15, -0.1) is 11.3 Å². The first-order valence-electron chi connectivity index (χ1n) is 9.14. The van der Waals surface area contributed by atoms with E-state index in [1.165, 1.54) is 29.1 Å². The van der Waals surface area contributed by atoms with E-state index in [-0.39, 0.29) is 23.8 Å². The Morgan fingerprint density at radius 2 is 1.88 bits per heavy atom. The number of halogens is 1. The van der Waals surface area contributed by atoms with Gasteiger partial charge in [-0.25, -0.2) is 4.39 Å². The highest BCUT2D eigenvalue weighted by atomic mass is 32.1. The molecule has 6 heteroatoms. The van der Waals surface area contributed by atoms with Crippen LogP contribution >= 0.6 is 11.3 Å². The molecule has 2 aromatic rings. The fraction of sp³-hybridized carbons (Fsp3) is 0.450. The molecule has 1 N–H and O–H groups in total. The second-order valence-corrected chi connectivity index (χ2v) is 7.68. The summed E-state index contributed by atoms with van der Waals surface area (Å²) in [6.07, 6.45) is 0. The van der Waals surface area contributed by atoms with Crippen LogP contribution in [0.2, 0.25) is 0 Å². The van der Waals surface area contributed by atoms with Crippen molar-refractivity contribution in [3.8, 4) is 0 Å². The lowest BCUT2D eigenvalue weighted by molar-refractivity contribution is 0.0753. The summed E-state index contributed by atoms with van der Waals surface area (Å²) in [5.74, 6) is -0.494. The molecule has 1 aromatic carbocycles. The molecule has 4 nitrogen and oxygen atoms in total. The minimum absolute atomic E-state index is 0.0422. The Labute approximate surface area is 158 Å². The number of hydrogen-bond acceptors (Lipinski definition) is 4. The number of piperazine rings is 1. The number of carbonyl (C=O) groups excluding carboxylic acids is 1. The normalized spacial score (nSPS) is 18.4. The van der Waals surface area contributed by atoms with E-state index in [9.17, 15) is 9.18 Å². The average molecular weight is 376 g/mol. The largest absolute Gasteiger partial charge is 0.348 e. The Kier molecular flexibility index (Phi) is 6.40. The van der Waals surface area contributed by atoms with Crippen LogP contribution in [0, 0.1) is 5.82 Å². The number of thiophene rings is 1. The number of carbonyl (C=O) groups is 1. The lowest BCUT2D eigenvalue weighted by atomic mass is 10.0. The van der Waals surface area contributed by atoms with Gasteiger partial charge in [-0.3, -0.25) is 9.69 Å². The van der Waals surface area contributed by atoms with Crippen LogP contribution in [0.5, 0.6) is 0 Å². The molecule has 1 aromatic heterocycles. The fourth-order valence-corrected chi connectivity index (χ4v) is 4.49. The van der Waals surface area contributed by atoms with Gasteiger partial charge in [0.15, 0.2) is 0 Å². The van der Waals surface area contributed by atoms with Crippen molar-refractivity contribution in [3.63, 3.8) is 0 Å². The van der Waals surface area contributed by atoms with Gasteiger partial charge in [0, 0.05) is 42.7 Å². The van der Waals surface area contributed by atoms with Crippen LogP contribution in [0.25, 0.3) is 0 Å². The quantitative estimate of drug-likeness (QED) is 0.841. The molecular formula is C20H26FN3OS. The molecule has 0 spiro atoms. The first-order chi connectivity index (χ1) is 12.6. The Hall–Kier alpha value is -1.76. The van der Waals surface area contributed by atoms with Gasteiger partial charge in [0.2, 0.25) is 0 Å². The molecule has 0 radical (unpaired) electrons. The first-order valence-corrected chi connectivity index (χ1v) is 10.0. The Morgan fingerprint density at radius 3 is 2.46 bits per heavy atom. The molecule has 3 rings (SSSR count). The second-order valence-electron chi connectivity index (χ2n) is 6.70. The number of nitrogens with one attached hydrogen (secondary N) is 1. The van der Waals surface area contributed by atoms with Crippen molar-refractivity contribution in [1.29, 1.82) is 0 Å². The highest BCUT2D eigenvalue weighted by molar-refractivity contribution is 7.10. The van der Waals surface area contributed by atoms with E-state index < -0.39 is 0 Å². The van der Waals surface area contributed by atoms with Gasteiger partial charge >= 0.3 is 0 Å². The number of benzene rings is 1. The number of amides is 1. The zero-order valence-electron chi connectivity index (χ0n) is 15.3. The highest BCUT2D eigenvalue weighted by Gasteiger charge is 2.30. The number of likely N-dealkylation sites (N-methyl/N-ethyl adjacent to an activating group) is 1. The number of hydrogen-bond donors (Lipinski definition) is 1. The summed E-state index contributed by atoms with van der Waals surface area (Å²) in [7, 11) is 0. The van der Waals surface area contributed by atoms with Crippen LogP contribution in [-0.4, -0.2) is 54.5 Å². The molecule has 0 saturated carbocycles. The molecule has 2 atom stereocenters. The van der Waals surface area contributed by atoms with E-state index in [0.717, 1.165) is 32.7 Å². The predicted molar refractivity (Wildman–Crippen MR) is 104 cm³/mol. The average Bonchev–Trinajstić information content (AvgIpc) is 3.17. The van der Waals surface area contributed by atoms with Crippen LogP contribution in [-0.2, 0) is 0 Å². The zero-order chi connectivity index (χ0) is 18.5. The summed E-state index contributed by atoms with van der Waals surface area (Å²) < 4.78 is 13.1. The highest BCUT2D eigenvalue weighted by Crippen LogP contribution is 2.29. The van der Waals surface area contributed by atoms with E-state index in [0.29, 0.717) is 5.56 Å². The smallest absolute Gasteiger partial charge is 0.251 e. The topological polar surface area (TPSA) is 35.6 Å². The van der Waals surface area contributed by atoms with Crippen LogP contribution in [0.4, 0.5) is 4.39 Å². The monoisotopic (exact) mass is 375 g/mol. The predicted octanol–water partition coefficient (Wildman–Crippen LogP) is 3.38. The molecule has 0 bridgehead atoms. The van der Waals surface area contributed by atoms with Crippen molar-refractivity contribution in [2.45, 2.75) is 25.9 Å². The molecule has 26 heavy (non-hydrogen) atoms. The van der Waals surface area contributed by atoms with E-state index in [2.05, 4.69) is 46.5 Å². The Bertz CT molecular complexity index is 696. The van der Waals surface area contributed by atoms with E-state index >= 15 is 0 Å². The van der Waals surface area contributed by atoms with Crippen molar-refractivity contribution >= 4 is 17.2 Å². The SMILES string of the molecule is CCN1CCN(C(c2cccs2)C(C)NC(=O)c2ccc(F)cc2)CC1. The van der Waals surface area contributed by atoms with Crippen LogP contribution < -0.4 is 5.32 Å². The van der Waals surface area contributed by atoms with Crippen LogP contribution in [0.15, 0.2) is 41.8 Å².